The number of nitrogens with one attached hydrogen (secondary N) is 1. The first kappa shape index (κ1) is 14.1. The first-order valence-corrected chi connectivity index (χ1v) is 7.68. The highest BCUT2D eigenvalue weighted by Crippen LogP contribution is 2.35. The fourth-order valence-corrected chi connectivity index (χ4v) is 3.13. The van der Waals surface area contributed by atoms with Gasteiger partial charge in [-0.05, 0) is 24.5 Å². The Labute approximate surface area is 129 Å². The van der Waals surface area contributed by atoms with Crippen LogP contribution in [0.25, 0.3) is 0 Å². The minimum atomic E-state index is -0.146. The molecule has 1 N–H and O–H groups in total. The number of carbonyl (C=O) groups excluding carboxylic acids is 1. The monoisotopic (exact) mass is 303 g/mol. The molecule has 0 saturated carbocycles. The van der Waals surface area contributed by atoms with E-state index in [1.165, 1.54) is 0 Å². The van der Waals surface area contributed by atoms with Crippen LogP contribution in [-0.2, 0) is 6.54 Å². The van der Waals surface area contributed by atoms with E-state index in [2.05, 4.69) is 17.3 Å². The molecule has 1 unspecified atom stereocenters. The molecular weight excluding hydrogens is 286 g/mol. The molecule has 4 nitrogen and oxygen atoms in total. The summed E-state index contributed by atoms with van der Waals surface area (Å²) < 4.78 is 1.73. The number of ketones is 1. The smallest absolute Gasteiger partial charge is 0.189 e. The third kappa shape index (κ3) is 2.56. The molecule has 0 aliphatic carbocycles. The van der Waals surface area contributed by atoms with Crippen molar-refractivity contribution >= 4 is 23.1 Å². The zero-order chi connectivity index (χ0) is 14.8. The highest BCUT2D eigenvalue weighted by atomic mass is 35.5. The van der Waals surface area contributed by atoms with Gasteiger partial charge in [-0.2, -0.15) is 5.10 Å². The fraction of sp³-hybridized carbons (Fsp3) is 0.375. The van der Waals surface area contributed by atoms with Crippen LogP contribution in [0.3, 0.4) is 0 Å². The Morgan fingerprint density at radius 1 is 1.48 bits per heavy atom. The first-order chi connectivity index (χ1) is 10.2. The Morgan fingerprint density at radius 2 is 2.29 bits per heavy atom. The second-order valence-corrected chi connectivity index (χ2v) is 5.69. The van der Waals surface area contributed by atoms with Gasteiger partial charge in [0.15, 0.2) is 5.78 Å². The molecule has 1 aromatic heterocycles. The quantitative estimate of drug-likeness (QED) is 0.876. The molecule has 0 saturated heterocycles. The van der Waals surface area contributed by atoms with Crippen molar-refractivity contribution in [1.29, 1.82) is 0 Å². The molecular formula is C16H18ClN3O. The molecule has 0 radical (unpaired) electrons. The molecule has 1 aliphatic heterocycles. The predicted octanol–water partition coefficient (Wildman–Crippen LogP) is 3.73. The molecule has 0 fully saturated rings. The minimum absolute atomic E-state index is 0.0694. The molecule has 0 spiro atoms. The number of nitrogens with zero attached hydrogens (tertiary/aromatic N) is 2. The van der Waals surface area contributed by atoms with Crippen molar-refractivity contribution in [3.63, 3.8) is 0 Å². The molecule has 21 heavy (non-hydrogen) atoms. The van der Waals surface area contributed by atoms with E-state index in [4.69, 9.17) is 11.6 Å². The van der Waals surface area contributed by atoms with Gasteiger partial charge in [-0.1, -0.05) is 36.7 Å². The van der Waals surface area contributed by atoms with Gasteiger partial charge in [0, 0.05) is 18.8 Å². The number of halogens is 1. The summed E-state index contributed by atoms with van der Waals surface area (Å²) >= 11 is 6.20. The summed E-state index contributed by atoms with van der Waals surface area (Å²) in [5.74, 6) is -0.0767. The first-order valence-electron chi connectivity index (χ1n) is 7.30. The third-order valence-corrected chi connectivity index (χ3v) is 4.14. The zero-order valence-corrected chi connectivity index (χ0v) is 12.7. The Hall–Kier alpha value is -1.81. The summed E-state index contributed by atoms with van der Waals surface area (Å²) in [6, 6.07) is 7.97. The number of para-hydroxylation sites is 1. The van der Waals surface area contributed by atoms with Gasteiger partial charge in [-0.25, -0.2) is 0 Å². The maximum atomic E-state index is 13.0. The second kappa shape index (κ2) is 5.90. The normalized spacial score (nSPS) is 17.1. The van der Waals surface area contributed by atoms with Gasteiger partial charge in [0.05, 0.1) is 17.1 Å². The average molecular weight is 304 g/mol. The number of benzene rings is 1. The highest BCUT2D eigenvalue weighted by Gasteiger charge is 2.30. The lowest BCUT2D eigenvalue weighted by Crippen LogP contribution is -2.25. The number of hydrogen-bond donors (Lipinski definition) is 1. The number of carbonyl (C=O) groups is 1. The average Bonchev–Trinajstić information content (AvgIpc) is 2.87. The molecule has 1 aliphatic rings. The second-order valence-electron chi connectivity index (χ2n) is 5.28. The number of hydrogen-bond acceptors (Lipinski definition) is 3. The van der Waals surface area contributed by atoms with Gasteiger partial charge in [0.1, 0.15) is 5.69 Å². The lowest BCUT2D eigenvalue weighted by molar-refractivity contribution is 0.0944. The van der Waals surface area contributed by atoms with Crippen molar-refractivity contribution < 1.29 is 4.79 Å². The minimum Gasteiger partial charge on any atom is -0.385 e. The maximum absolute atomic E-state index is 13.0. The molecule has 1 atom stereocenters. The Bertz CT molecular complexity index is 665. The largest absolute Gasteiger partial charge is 0.385 e. The van der Waals surface area contributed by atoms with Crippen molar-refractivity contribution in [3.8, 4) is 0 Å². The van der Waals surface area contributed by atoms with E-state index in [0.717, 1.165) is 30.6 Å². The van der Waals surface area contributed by atoms with E-state index < -0.39 is 0 Å². The van der Waals surface area contributed by atoms with Crippen LogP contribution in [0.1, 0.15) is 41.7 Å². The van der Waals surface area contributed by atoms with Crippen molar-refractivity contribution in [1.82, 2.24) is 9.78 Å². The molecule has 1 aromatic carbocycles. The van der Waals surface area contributed by atoms with Gasteiger partial charge in [0.2, 0.25) is 0 Å². The molecule has 5 heteroatoms. The Kier molecular flexibility index (Phi) is 3.97. The molecule has 2 aromatic rings. The highest BCUT2D eigenvalue weighted by molar-refractivity contribution is 6.33. The summed E-state index contributed by atoms with van der Waals surface area (Å²) in [6.07, 6.45) is 3.27. The van der Waals surface area contributed by atoms with Crippen molar-refractivity contribution in [2.24, 2.45) is 0 Å². The van der Waals surface area contributed by atoms with E-state index in [1.54, 1.807) is 10.9 Å². The van der Waals surface area contributed by atoms with E-state index in [0.29, 0.717) is 17.3 Å². The van der Waals surface area contributed by atoms with Crippen LogP contribution in [0.4, 0.5) is 5.69 Å². The van der Waals surface area contributed by atoms with Crippen LogP contribution >= 0.6 is 11.6 Å². The van der Waals surface area contributed by atoms with Crippen LogP contribution in [0.2, 0.25) is 5.02 Å². The van der Waals surface area contributed by atoms with Crippen molar-refractivity contribution in [2.45, 2.75) is 32.2 Å². The van der Waals surface area contributed by atoms with Crippen LogP contribution < -0.4 is 5.32 Å². The number of rotatable bonds is 4. The maximum Gasteiger partial charge on any atom is 0.189 e. The van der Waals surface area contributed by atoms with E-state index >= 15 is 0 Å². The van der Waals surface area contributed by atoms with Crippen molar-refractivity contribution in [2.75, 3.05) is 11.9 Å². The summed E-state index contributed by atoms with van der Waals surface area (Å²) in [5, 5.41) is 8.01. The van der Waals surface area contributed by atoms with Gasteiger partial charge in [0.25, 0.3) is 0 Å². The van der Waals surface area contributed by atoms with Gasteiger partial charge in [-0.3, -0.25) is 9.48 Å². The number of anilines is 1. The van der Waals surface area contributed by atoms with Crippen molar-refractivity contribution in [3.05, 3.63) is 46.7 Å². The third-order valence-electron chi connectivity index (χ3n) is 3.86. The SMILES string of the molecule is CCCn1ncc(Cl)c1C(=O)C1CCNc2ccccc21. The summed E-state index contributed by atoms with van der Waals surface area (Å²) in [4.78, 5) is 13.0. The fourth-order valence-electron chi connectivity index (χ4n) is 2.89. The van der Waals surface area contributed by atoms with E-state index in [-0.39, 0.29) is 11.7 Å². The lowest BCUT2D eigenvalue weighted by Gasteiger charge is -2.25. The molecule has 3 rings (SSSR count). The van der Waals surface area contributed by atoms with Crippen LogP contribution in [0, 0.1) is 0 Å². The predicted molar refractivity (Wildman–Crippen MR) is 84.1 cm³/mol. The molecule has 0 amide bonds. The van der Waals surface area contributed by atoms with E-state index in [9.17, 15) is 4.79 Å². The zero-order valence-electron chi connectivity index (χ0n) is 12.0. The van der Waals surface area contributed by atoms with Crippen LogP contribution in [0.5, 0.6) is 0 Å². The molecule has 2 heterocycles. The topological polar surface area (TPSA) is 46.9 Å². The summed E-state index contributed by atoms with van der Waals surface area (Å²) in [5.41, 5.74) is 2.63. The summed E-state index contributed by atoms with van der Waals surface area (Å²) in [7, 11) is 0. The number of aryl methyl sites for hydroxylation is 1. The van der Waals surface area contributed by atoms with Gasteiger partial charge < -0.3 is 5.32 Å². The van der Waals surface area contributed by atoms with Gasteiger partial charge >= 0.3 is 0 Å². The number of fused-ring (bicyclic) bond motifs is 1. The molecule has 0 bridgehead atoms. The number of aromatic nitrogens is 2. The van der Waals surface area contributed by atoms with Crippen LogP contribution in [-0.4, -0.2) is 22.1 Å². The lowest BCUT2D eigenvalue weighted by atomic mass is 9.86. The van der Waals surface area contributed by atoms with E-state index in [1.807, 2.05) is 24.3 Å². The van der Waals surface area contributed by atoms with Gasteiger partial charge in [-0.15, -0.1) is 0 Å². The Balaban J connectivity index is 1.99. The Morgan fingerprint density at radius 3 is 3.10 bits per heavy atom. The number of Topliss-reactive ketones (excluding diaryl/α,β-unsaturated/α-hetero) is 1. The summed E-state index contributed by atoms with van der Waals surface area (Å²) in [6.45, 7) is 3.57. The standard InChI is InChI=1S/C16H18ClN3O/c1-2-9-20-15(13(17)10-19-20)16(21)12-7-8-18-14-6-4-3-5-11(12)14/h3-6,10,12,18H,2,7-9H2,1H3. The molecule has 110 valence electrons. The van der Waals surface area contributed by atoms with Crippen LogP contribution in [0.15, 0.2) is 30.5 Å².